The highest BCUT2D eigenvalue weighted by Crippen LogP contribution is 2.52. The first kappa shape index (κ1) is 24.6. The molecule has 0 N–H and O–H groups in total. The Morgan fingerprint density at radius 1 is 0.857 bits per heavy atom. The standard InChI is InChI=1S/C35H46/c1-23(2)34-26(5)25(4)31-20-19-30-21-24(3)32(22-33(30)35(31)34)29-17-15-28(16-18-29)14-10-9-13-27-11-7-6-8-12-27/h15-23,25-27,34H,6-14H2,1-5H3. The van der Waals surface area contributed by atoms with Crippen LogP contribution in [0.25, 0.3) is 21.9 Å². The minimum absolute atomic E-state index is 0.643. The molecule has 0 heterocycles. The van der Waals surface area contributed by atoms with Gasteiger partial charge in [0.15, 0.2) is 0 Å². The second-order valence-electron chi connectivity index (χ2n) is 12.3. The van der Waals surface area contributed by atoms with E-state index in [1.54, 1.807) is 11.1 Å². The summed E-state index contributed by atoms with van der Waals surface area (Å²) in [5.41, 5.74) is 8.88. The van der Waals surface area contributed by atoms with Crippen molar-refractivity contribution in [2.45, 2.75) is 104 Å². The van der Waals surface area contributed by atoms with Gasteiger partial charge < -0.3 is 0 Å². The van der Waals surface area contributed by atoms with Crippen LogP contribution in [-0.2, 0) is 6.42 Å². The molecule has 0 heteroatoms. The summed E-state index contributed by atoms with van der Waals surface area (Å²) < 4.78 is 0. The highest BCUT2D eigenvalue weighted by atomic mass is 14.4. The molecule has 0 spiro atoms. The van der Waals surface area contributed by atoms with Gasteiger partial charge in [-0.15, -0.1) is 0 Å². The third-order valence-electron chi connectivity index (χ3n) is 9.65. The number of fused-ring (bicyclic) bond motifs is 3. The van der Waals surface area contributed by atoms with Crippen molar-refractivity contribution in [1.82, 2.24) is 0 Å². The Hall–Kier alpha value is -2.08. The van der Waals surface area contributed by atoms with Gasteiger partial charge in [-0.05, 0) is 99.6 Å². The highest BCUT2D eigenvalue weighted by Gasteiger charge is 2.38. The lowest BCUT2D eigenvalue weighted by Gasteiger charge is -2.24. The zero-order valence-corrected chi connectivity index (χ0v) is 22.9. The molecule has 0 saturated heterocycles. The van der Waals surface area contributed by atoms with Crippen LogP contribution in [0.3, 0.4) is 0 Å². The predicted molar refractivity (Wildman–Crippen MR) is 153 cm³/mol. The maximum atomic E-state index is 2.52. The molecule has 3 aromatic carbocycles. The van der Waals surface area contributed by atoms with E-state index in [1.807, 2.05) is 0 Å². The van der Waals surface area contributed by atoms with Gasteiger partial charge in [-0.2, -0.15) is 0 Å². The summed E-state index contributed by atoms with van der Waals surface area (Å²) in [5.74, 6) is 3.68. The second kappa shape index (κ2) is 10.5. The monoisotopic (exact) mass is 466 g/mol. The van der Waals surface area contributed by atoms with Crippen molar-refractivity contribution < 1.29 is 0 Å². The van der Waals surface area contributed by atoms with Crippen molar-refractivity contribution in [3.8, 4) is 11.1 Å². The fourth-order valence-electron chi connectivity index (χ4n) is 7.49. The molecular weight excluding hydrogens is 420 g/mol. The van der Waals surface area contributed by atoms with Crippen LogP contribution in [0.2, 0.25) is 0 Å². The zero-order chi connectivity index (χ0) is 24.5. The number of hydrogen-bond donors (Lipinski definition) is 0. The number of benzene rings is 3. The number of unbranched alkanes of at least 4 members (excludes halogenated alkanes) is 1. The van der Waals surface area contributed by atoms with Crippen molar-refractivity contribution in [2.75, 3.05) is 0 Å². The van der Waals surface area contributed by atoms with Gasteiger partial charge >= 0.3 is 0 Å². The van der Waals surface area contributed by atoms with Crippen LogP contribution >= 0.6 is 0 Å². The molecule has 3 atom stereocenters. The van der Waals surface area contributed by atoms with E-state index >= 15 is 0 Å². The van der Waals surface area contributed by atoms with E-state index in [-0.39, 0.29) is 0 Å². The summed E-state index contributed by atoms with van der Waals surface area (Å²) >= 11 is 0. The first-order valence-corrected chi connectivity index (χ1v) is 14.6. The first-order valence-electron chi connectivity index (χ1n) is 14.6. The first-order chi connectivity index (χ1) is 16.9. The van der Waals surface area contributed by atoms with Crippen molar-refractivity contribution >= 4 is 10.8 Å². The average Bonchev–Trinajstić information content (AvgIpc) is 3.13. The van der Waals surface area contributed by atoms with Gasteiger partial charge in [-0.25, -0.2) is 0 Å². The Labute approximate surface area is 214 Å². The van der Waals surface area contributed by atoms with Gasteiger partial charge in [0, 0.05) is 0 Å². The van der Waals surface area contributed by atoms with Crippen LogP contribution in [-0.4, -0.2) is 0 Å². The molecule has 2 aliphatic carbocycles. The molecule has 0 aromatic heterocycles. The summed E-state index contributed by atoms with van der Waals surface area (Å²) in [4.78, 5) is 0. The van der Waals surface area contributed by atoms with E-state index in [2.05, 4.69) is 83.1 Å². The minimum Gasteiger partial charge on any atom is -0.0622 e. The molecule has 1 fully saturated rings. The summed E-state index contributed by atoms with van der Waals surface area (Å²) in [6.07, 6.45) is 12.8. The molecular formula is C35H46. The summed E-state index contributed by atoms with van der Waals surface area (Å²) in [6.45, 7) is 12.0. The quantitative estimate of drug-likeness (QED) is 0.304. The largest absolute Gasteiger partial charge is 0.0622 e. The molecule has 0 amide bonds. The predicted octanol–water partition coefficient (Wildman–Crippen LogP) is 10.6. The molecule has 5 rings (SSSR count). The molecule has 35 heavy (non-hydrogen) atoms. The molecule has 1 saturated carbocycles. The molecule has 0 bridgehead atoms. The van der Waals surface area contributed by atoms with Crippen LogP contribution in [0, 0.1) is 24.7 Å². The second-order valence-corrected chi connectivity index (χ2v) is 12.3. The van der Waals surface area contributed by atoms with Crippen LogP contribution in [0.1, 0.15) is 113 Å². The zero-order valence-electron chi connectivity index (χ0n) is 22.9. The number of aryl methyl sites for hydroxylation is 2. The maximum absolute atomic E-state index is 2.52. The topological polar surface area (TPSA) is 0 Å². The molecule has 0 nitrogen and oxygen atoms in total. The van der Waals surface area contributed by atoms with Crippen molar-refractivity contribution in [1.29, 1.82) is 0 Å². The van der Waals surface area contributed by atoms with E-state index in [0.29, 0.717) is 23.7 Å². The fraction of sp³-hybridized carbons (Fsp3) is 0.543. The lowest BCUT2D eigenvalue weighted by Crippen LogP contribution is -2.12. The van der Waals surface area contributed by atoms with Crippen LogP contribution in [0.4, 0.5) is 0 Å². The summed E-state index contributed by atoms with van der Waals surface area (Å²) in [5, 5.41) is 2.90. The Morgan fingerprint density at radius 2 is 1.60 bits per heavy atom. The molecule has 3 aromatic rings. The van der Waals surface area contributed by atoms with Gasteiger partial charge in [-0.1, -0.05) is 115 Å². The molecule has 0 radical (unpaired) electrons. The van der Waals surface area contributed by atoms with Crippen molar-refractivity contribution in [2.24, 2.45) is 17.8 Å². The van der Waals surface area contributed by atoms with E-state index in [9.17, 15) is 0 Å². The lowest BCUT2D eigenvalue weighted by atomic mass is 9.80. The van der Waals surface area contributed by atoms with E-state index in [4.69, 9.17) is 0 Å². The molecule has 3 unspecified atom stereocenters. The van der Waals surface area contributed by atoms with Gasteiger partial charge in [0.25, 0.3) is 0 Å². The third kappa shape index (κ3) is 4.96. The smallest absolute Gasteiger partial charge is 0.00984 e. The van der Waals surface area contributed by atoms with Crippen molar-refractivity contribution in [3.63, 3.8) is 0 Å². The van der Waals surface area contributed by atoms with E-state index in [1.165, 1.54) is 90.8 Å². The Kier molecular flexibility index (Phi) is 7.38. The van der Waals surface area contributed by atoms with Gasteiger partial charge in [0.05, 0.1) is 0 Å². The summed E-state index contributed by atoms with van der Waals surface area (Å²) in [6, 6.07) is 19.2. The highest BCUT2D eigenvalue weighted by molar-refractivity contribution is 5.93. The Morgan fingerprint density at radius 3 is 2.31 bits per heavy atom. The Bertz CT molecular complexity index is 1140. The van der Waals surface area contributed by atoms with Crippen LogP contribution < -0.4 is 0 Å². The summed E-state index contributed by atoms with van der Waals surface area (Å²) in [7, 11) is 0. The molecule has 0 aliphatic heterocycles. The maximum Gasteiger partial charge on any atom is -0.00984 e. The van der Waals surface area contributed by atoms with Gasteiger partial charge in [0.1, 0.15) is 0 Å². The normalized spacial score (nSPS) is 22.7. The fourth-order valence-corrected chi connectivity index (χ4v) is 7.49. The average molecular weight is 467 g/mol. The van der Waals surface area contributed by atoms with Gasteiger partial charge in [0.2, 0.25) is 0 Å². The van der Waals surface area contributed by atoms with E-state index in [0.717, 1.165) is 5.92 Å². The minimum atomic E-state index is 0.643. The van der Waals surface area contributed by atoms with Crippen LogP contribution in [0.15, 0.2) is 48.5 Å². The number of rotatable bonds is 7. The van der Waals surface area contributed by atoms with Crippen LogP contribution in [0.5, 0.6) is 0 Å². The van der Waals surface area contributed by atoms with E-state index < -0.39 is 0 Å². The molecule has 2 aliphatic rings. The van der Waals surface area contributed by atoms with Crippen molar-refractivity contribution in [3.05, 3.63) is 70.8 Å². The SMILES string of the molecule is Cc1cc2ccc3c(c2cc1-c1ccc(CCCCC2CCCCC2)cc1)C(C(C)C)C(C)C3C. The van der Waals surface area contributed by atoms with Gasteiger partial charge in [-0.3, -0.25) is 0 Å². The lowest BCUT2D eigenvalue weighted by molar-refractivity contribution is 0.330. The Balaban J connectivity index is 1.35. The molecule has 186 valence electrons. The third-order valence-corrected chi connectivity index (χ3v) is 9.65. The number of hydrogen-bond acceptors (Lipinski definition) is 0.